The average molecular weight is 431 g/mol. The number of rotatable bonds is 8. The van der Waals surface area contributed by atoms with E-state index in [2.05, 4.69) is 38.2 Å². The summed E-state index contributed by atoms with van der Waals surface area (Å²) in [6, 6.07) is 18.2. The summed E-state index contributed by atoms with van der Waals surface area (Å²) in [4.78, 5) is 16.5. The maximum atomic E-state index is 12.2. The fourth-order valence-corrected chi connectivity index (χ4v) is 3.71. The standard InChI is InChI=1S/C25H30N6O/c1-26-25(28-17-21-8-2-3-9-22(21)18-31-14-6-13-29-31)27-16-19-7-4-12-23(15-19)30-24(32)20-10-5-11-20/h2-4,6-9,12-15,20H,5,10-11,16-18H2,1H3,(H,30,32)(H2,26,27,28). The molecule has 0 spiro atoms. The van der Waals surface area contributed by atoms with E-state index in [1.165, 1.54) is 11.1 Å². The molecule has 0 atom stereocenters. The van der Waals surface area contributed by atoms with Gasteiger partial charge in [-0.3, -0.25) is 14.5 Å². The van der Waals surface area contributed by atoms with Crippen LogP contribution in [0.2, 0.25) is 0 Å². The number of amides is 1. The number of nitrogens with one attached hydrogen (secondary N) is 3. The summed E-state index contributed by atoms with van der Waals surface area (Å²) < 4.78 is 1.92. The number of carbonyl (C=O) groups is 1. The fourth-order valence-electron chi connectivity index (χ4n) is 3.71. The predicted octanol–water partition coefficient (Wildman–Crippen LogP) is 3.54. The molecule has 7 heteroatoms. The second-order valence-electron chi connectivity index (χ2n) is 8.07. The van der Waals surface area contributed by atoms with E-state index >= 15 is 0 Å². The average Bonchev–Trinajstić information content (AvgIpc) is 3.27. The summed E-state index contributed by atoms with van der Waals surface area (Å²) in [5.41, 5.74) is 4.34. The van der Waals surface area contributed by atoms with Gasteiger partial charge in [0, 0.05) is 44.1 Å². The third kappa shape index (κ3) is 5.75. The number of benzene rings is 2. The van der Waals surface area contributed by atoms with E-state index in [9.17, 15) is 4.79 Å². The van der Waals surface area contributed by atoms with Crippen molar-refractivity contribution in [2.75, 3.05) is 12.4 Å². The Kier molecular flexibility index (Phi) is 7.17. The number of anilines is 1. The van der Waals surface area contributed by atoms with E-state index in [-0.39, 0.29) is 11.8 Å². The molecule has 166 valence electrons. The van der Waals surface area contributed by atoms with Crippen molar-refractivity contribution in [1.29, 1.82) is 0 Å². The molecule has 0 aliphatic heterocycles. The lowest BCUT2D eigenvalue weighted by atomic mass is 9.85. The normalized spacial score (nSPS) is 14.0. The quantitative estimate of drug-likeness (QED) is 0.377. The summed E-state index contributed by atoms with van der Waals surface area (Å²) in [5, 5.41) is 14.1. The zero-order valence-electron chi connectivity index (χ0n) is 18.4. The molecule has 1 amide bonds. The van der Waals surface area contributed by atoms with Crippen LogP contribution in [0.25, 0.3) is 0 Å². The van der Waals surface area contributed by atoms with Crippen molar-refractivity contribution in [3.05, 3.63) is 83.7 Å². The Morgan fingerprint density at radius 2 is 1.88 bits per heavy atom. The minimum absolute atomic E-state index is 0.132. The van der Waals surface area contributed by atoms with Gasteiger partial charge in [0.2, 0.25) is 5.91 Å². The molecule has 1 aromatic heterocycles. The van der Waals surface area contributed by atoms with Crippen LogP contribution in [0.5, 0.6) is 0 Å². The minimum Gasteiger partial charge on any atom is -0.352 e. The largest absolute Gasteiger partial charge is 0.352 e. The Labute approximate surface area is 189 Å². The summed E-state index contributed by atoms with van der Waals surface area (Å²) in [5.74, 6) is 1.03. The lowest BCUT2D eigenvalue weighted by Gasteiger charge is -2.24. The first-order valence-corrected chi connectivity index (χ1v) is 11.1. The van der Waals surface area contributed by atoms with Gasteiger partial charge in [-0.25, -0.2) is 0 Å². The van der Waals surface area contributed by atoms with Crippen molar-refractivity contribution >= 4 is 17.6 Å². The Morgan fingerprint density at radius 1 is 1.06 bits per heavy atom. The van der Waals surface area contributed by atoms with E-state index in [1.807, 2.05) is 53.3 Å². The molecule has 2 aromatic carbocycles. The van der Waals surface area contributed by atoms with Crippen LogP contribution in [0, 0.1) is 5.92 Å². The van der Waals surface area contributed by atoms with Crippen molar-refractivity contribution in [2.45, 2.75) is 38.9 Å². The minimum atomic E-state index is 0.132. The number of nitrogens with zero attached hydrogens (tertiary/aromatic N) is 3. The topological polar surface area (TPSA) is 83.3 Å². The SMILES string of the molecule is CN=C(NCc1cccc(NC(=O)C2CCC2)c1)NCc1ccccc1Cn1cccn1. The van der Waals surface area contributed by atoms with Gasteiger partial charge in [0.05, 0.1) is 6.54 Å². The van der Waals surface area contributed by atoms with E-state index in [0.717, 1.165) is 43.0 Å². The van der Waals surface area contributed by atoms with Crippen molar-refractivity contribution in [1.82, 2.24) is 20.4 Å². The van der Waals surface area contributed by atoms with Gasteiger partial charge in [0.15, 0.2) is 5.96 Å². The molecule has 0 saturated heterocycles. The first-order chi connectivity index (χ1) is 15.7. The molecular formula is C25H30N6O. The smallest absolute Gasteiger partial charge is 0.227 e. The maximum absolute atomic E-state index is 12.2. The van der Waals surface area contributed by atoms with Crippen LogP contribution in [-0.4, -0.2) is 28.7 Å². The van der Waals surface area contributed by atoms with Gasteiger partial charge in [0.1, 0.15) is 0 Å². The van der Waals surface area contributed by atoms with Crippen molar-refractivity contribution in [2.24, 2.45) is 10.9 Å². The molecule has 1 heterocycles. The highest BCUT2D eigenvalue weighted by Crippen LogP contribution is 2.27. The molecule has 1 aliphatic carbocycles. The summed E-state index contributed by atoms with van der Waals surface area (Å²) in [7, 11) is 1.76. The van der Waals surface area contributed by atoms with Crippen LogP contribution in [0.3, 0.4) is 0 Å². The van der Waals surface area contributed by atoms with Crippen molar-refractivity contribution in [3.63, 3.8) is 0 Å². The van der Waals surface area contributed by atoms with Gasteiger partial charge in [-0.05, 0) is 47.7 Å². The van der Waals surface area contributed by atoms with Gasteiger partial charge >= 0.3 is 0 Å². The number of carbonyl (C=O) groups excluding carboxylic acids is 1. The van der Waals surface area contributed by atoms with Crippen LogP contribution < -0.4 is 16.0 Å². The number of hydrogen-bond acceptors (Lipinski definition) is 3. The Bertz CT molecular complexity index is 1060. The van der Waals surface area contributed by atoms with E-state index in [1.54, 1.807) is 13.2 Å². The second-order valence-corrected chi connectivity index (χ2v) is 8.07. The second kappa shape index (κ2) is 10.6. The molecule has 1 saturated carbocycles. The van der Waals surface area contributed by atoms with Crippen LogP contribution in [0.4, 0.5) is 5.69 Å². The molecule has 1 fully saturated rings. The summed E-state index contributed by atoms with van der Waals surface area (Å²) in [6.07, 6.45) is 6.91. The van der Waals surface area contributed by atoms with Gasteiger partial charge in [-0.2, -0.15) is 5.10 Å². The Balaban J connectivity index is 1.30. The molecule has 7 nitrogen and oxygen atoms in total. The highest BCUT2D eigenvalue weighted by Gasteiger charge is 2.25. The predicted molar refractivity (Wildman–Crippen MR) is 127 cm³/mol. The van der Waals surface area contributed by atoms with Crippen molar-refractivity contribution in [3.8, 4) is 0 Å². The van der Waals surface area contributed by atoms with Gasteiger partial charge < -0.3 is 16.0 Å². The highest BCUT2D eigenvalue weighted by atomic mass is 16.1. The zero-order chi connectivity index (χ0) is 22.2. The van der Waals surface area contributed by atoms with Crippen LogP contribution >= 0.6 is 0 Å². The highest BCUT2D eigenvalue weighted by molar-refractivity contribution is 5.93. The lowest BCUT2D eigenvalue weighted by molar-refractivity contribution is -0.122. The molecule has 0 unspecified atom stereocenters. The molecule has 4 rings (SSSR count). The van der Waals surface area contributed by atoms with Crippen LogP contribution in [-0.2, 0) is 24.4 Å². The maximum Gasteiger partial charge on any atom is 0.227 e. The van der Waals surface area contributed by atoms with Gasteiger partial charge in [-0.1, -0.05) is 42.8 Å². The molecule has 32 heavy (non-hydrogen) atoms. The third-order valence-corrected chi connectivity index (χ3v) is 5.81. The number of hydrogen-bond donors (Lipinski definition) is 3. The Morgan fingerprint density at radius 3 is 2.59 bits per heavy atom. The summed E-state index contributed by atoms with van der Waals surface area (Å²) >= 11 is 0. The molecule has 3 N–H and O–H groups in total. The first-order valence-electron chi connectivity index (χ1n) is 11.1. The van der Waals surface area contributed by atoms with Gasteiger partial charge in [0.25, 0.3) is 0 Å². The van der Waals surface area contributed by atoms with E-state index in [4.69, 9.17) is 0 Å². The fraction of sp³-hybridized carbons (Fsp3) is 0.320. The summed E-state index contributed by atoms with van der Waals surface area (Å²) in [6.45, 7) is 2.01. The van der Waals surface area contributed by atoms with Gasteiger partial charge in [-0.15, -0.1) is 0 Å². The molecule has 0 bridgehead atoms. The molecular weight excluding hydrogens is 400 g/mol. The first kappa shape index (κ1) is 21.6. The number of aromatic nitrogens is 2. The third-order valence-electron chi connectivity index (χ3n) is 5.81. The van der Waals surface area contributed by atoms with Crippen LogP contribution in [0.15, 0.2) is 72.0 Å². The van der Waals surface area contributed by atoms with Crippen molar-refractivity contribution < 1.29 is 4.79 Å². The number of aliphatic imine (C=N–C) groups is 1. The Hall–Kier alpha value is -3.61. The van der Waals surface area contributed by atoms with E-state index < -0.39 is 0 Å². The zero-order valence-corrected chi connectivity index (χ0v) is 18.4. The molecule has 3 aromatic rings. The lowest BCUT2D eigenvalue weighted by Crippen LogP contribution is -2.36. The molecule has 1 aliphatic rings. The molecule has 0 radical (unpaired) electrons. The van der Waals surface area contributed by atoms with E-state index in [0.29, 0.717) is 13.1 Å². The monoisotopic (exact) mass is 430 g/mol. The number of guanidine groups is 1. The van der Waals surface area contributed by atoms with Crippen LogP contribution in [0.1, 0.15) is 36.0 Å².